The summed E-state index contributed by atoms with van der Waals surface area (Å²) in [6.07, 6.45) is -2.84. The molecule has 0 radical (unpaired) electrons. The molecule has 2 aromatic carbocycles. The average Bonchev–Trinajstić information content (AvgIpc) is 2.77. The van der Waals surface area contributed by atoms with E-state index in [1.54, 1.807) is 19.1 Å². The Morgan fingerprint density at radius 3 is 2.48 bits per heavy atom. The lowest BCUT2D eigenvalue weighted by Crippen LogP contribution is -2.19. The van der Waals surface area contributed by atoms with Gasteiger partial charge in [0.05, 0.1) is 5.56 Å². The summed E-state index contributed by atoms with van der Waals surface area (Å²) >= 11 is 0. The molecule has 0 fully saturated rings. The van der Waals surface area contributed by atoms with Gasteiger partial charge < -0.3 is 19.3 Å². The molecular weight excluding hydrogens is 439 g/mol. The number of allylic oxidation sites excluding steroid dienone is 1. The minimum absolute atomic E-state index is 0.202. The molecule has 1 heterocycles. The van der Waals surface area contributed by atoms with Crippen LogP contribution in [-0.4, -0.2) is 36.8 Å². The Morgan fingerprint density at radius 2 is 1.88 bits per heavy atom. The molecule has 0 aromatic heterocycles. The summed E-state index contributed by atoms with van der Waals surface area (Å²) in [4.78, 5) is 15.1. The second-order valence-corrected chi connectivity index (χ2v) is 7.46. The van der Waals surface area contributed by atoms with Crippen molar-refractivity contribution in [2.45, 2.75) is 32.9 Å². The minimum atomic E-state index is -4.40. The number of halogens is 3. The third-order valence-electron chi connectivity index (χ3n) is 4.94. The van der Waals surface area contributed by atoms with Crippen molar-refractivity contribution >= 4 is 11.9 Å². The molecule has 0 aliphatic carbocycles. The van der Waals surface area contributed by atoms with Crippen LogP contribution >= 0.6 is 0 Å². The maximum absolute atomic E-state index is 12.7. The number of carbonyl (C=O) groups is 1. The SMILES string of the molecule is CCCc1cc(OCC2=C(C)N=C(c3ccc(C(F)(F)F)cc3)OC2)ccc1OCC(=O)O. The van der Waals surface area contributed by atoms with E-state index >= 15 is 0 Å². The Labute approximate surface area is 189 Å². The van der Waals surface area contributed by atoms with E-state index in [1.165, 1.54) is 12.1 Å². The van der Waals surface area contributed by atoms with Crippen LogP contribution in [-0.2, 0) is 22.1 Å². The van der Waals surface area contributed by atoms with Gasteiger partial charge in [-0.05, 0) is 61.4 Å². The van der Waals surface area contributed by atoms with Crippen LogP contribution in [0.2, 0.25) is 0 Å². The topological polar surface area (TPSA) is 77.3 Å². The fourth-order valence-electron chi connectivity index (χ4n) is 3.18. The Morgan fingerprint density at radius 1 is 1.15 bits per heavy atom. The molecule has 0 unspecified atom stereocenters. The standard InChI is InChI=1S/C24H24F3NO5/c1-3-4-17-11-20(9-10-21(17)32-14-22(29)30)31-12-18-13-33-23(28-15(18)2)16-5-7-19(8-6-16)24(25,26)27/h5-11H,3-4,12-14H2,1-2H3,(H,29,30). The van der Waals surface area contributed by atoms with Gasteiger partial charge in [-0.25, -0.2) is 9.79 Å². The van der Waals surface area contributed by atoms with Crippen molar-refractivity contribution in [1.29, 1.82) is 0 Å². The molecule has 0 bridgehead atoms. The van der Waals surface area contributed by atoms with Gasteiger partial charge in [-0.15, -0.1) is 0 Å². The Balaban J connectivity index is 1.68. The van der Waals surface area contributed by atoms with Crippen LogP contribution in [0.25, 0.3) is 0 Å². The van der Waals surface area contributed by atoms with Crippen molar-refractivity contribution in [3.05, 3.63) is 70.4 Å². The first-order valence-electron chi connectivity index (χ1n) is 10.4. The number of aryl methyl sites for hydroxylation is 1. The van der Waals surface area contributed by atoms with Crippen molar-refractivity contribution in [3.63, 3.8) is 0 Å². The molecular formula is C24H24F3NO5. The summed E-state index contributed by atoms with van der Waals surface area (Å²) in [5.41, 5.74) is 2.05. The molecule has 0 saturated heterocycles. The number of nitrogens with zero attached hydrogens (tertiary/aromatic N) is 1. The molecule has 1 aliphatic rings. The van der Waals surface area contributed by atoms with Crippen LogP contribution in [0.5, 0.6) is 11.5 Å². The van der Waals surface area contributed by atoms with Crippen LogP contribution in [0.3, 0.4) is 0 Å². The molecule has 2 aromatic rings. The van der Waals surface area contributed by atoms with E-state index < -0.39 is 24.3 Å². The summed E-state index contributed by atoms with van der Waals surface area (Å²) in [7, 11) is 0. The molecule has 0 spiro atoms. The summed E-state index contributed by atoms with van der Waals surface area (Å²) in [6, 6.07) is 9.86. The van der Waals surface area contributed by atoms with Gasteiger partial charge in [0.15, 0.2) is 6.61 Å². The minimum Gasteiger partial charge on any atom is -0.489 e. The molecule has 1 N–H and O–H groups in total. The van der Waals surface area contributed by atoms with Gasteiger partial charge in [0.25, 0.3) is 0 Å². The van der Waals surface area contributed by atoms with Crippen LogP contribution in [0, 0.1) is 0 Å². The number of ether oxygens (including phenoxy) is 3. The predicted molar refractivity (Wildman–Crippen MR) is 116 cm³/mol. The van der Waals surface area contributed by atoms with E-state index in [-0.39, 0.29) is 19.1 Å². The van der Waals surface area contributed by atoms with E-state index in [2.05, 4.69) is 4.99 Å². The van der Waals surface area contributed by atoms with Crippen LogP contribution in [0.1, 0.15) is 37.0 Å². The highest BCUT2D eigenvalue weighted by molar-refractivity contribution is 5.95. The maximum Gasteiger partial charge on any atom is 0.416 e. The molecule has 9 heteroatoms. The van der Waals surface area contributed by atoms with Crippen LogP contribution < -0.4 is 9.47 Å². The smallest absolute Gasteiger partial charge is 0.416 e. The zero-order chi connectivity index (χ0) is 24.0. The van der Waals surface area contributed by atoms with E-state index in [0.717, 1.165) is 29.7 Å². The first kappa shape index (κ1) is 24.2. The van der Waals surface area contributed by atoms with Crippen molar-refractivity contribution in [1.82, 2.24) is 0 Å². The molecule has 6 nitrogen and oxygen atoms in total. The van der Waals surface area contributed by atoms with Gasteiger partial charge in [-0.1, -0.05) is 13.3 Å². The molecule has 0 amide bonds. The summed E-state index contributed by atoms with van der Waals surface area (Å²) in [5.74, 6) is 0.316. The number of rotatable bonds is 9. The molecule has 3 rings (SSSR count). The van der Waals surface area contributed by atoms with Gasteiger partial charge in [-0.2, -0.15) is 13.2 Å². The van der Waals surface area contributed by atoms with Crippen LogP contribution in [0.4, 0.5) is 13.2 Å². The normalized spacial score (nSPS) is 13.9. The molecule has 1 aliphatic heterocycles. The largest absolute Gasteiger partial charge is 0.489 e. The number of hydrogen-bond donors (Lipinski definition) is 1. The number of alkyl halides is 3. The highest BCUT2D eigenvalue weighted by atomic mass is 19.4. The fraction of sp³-hybridized carbons (Fsp3) is 0.333. The van der Waals surface area contributed by atoms with Gasteiger partial charge in [0, 0.05) is 16.8 Å². The second kappa shape index (κ2) is 10.4. The lowest BCUT2D eigenvalue weighted by Gasteiger charge is -2.20. The summed E-state index contributed by atoms with van der Waals surface area (Å²) in [6.45, 7) is 3.80. The monoisotopic (exact) mass is 463 g/mol. The zero-order valence-corrected chi connectivity index (χ0v) is 18.2. The Bertz CT molecular complexity index is 1060. The quantitative estimate of drug-likeness (QED) is 0.550. The van der Waals surface area contributed by atoms with Crippen LogP contribution in [0.15, 0.2) is 58.7 Å². The van der Waals surface area contributed by atoms with Crippen molar-refractivity contribution in [3.8, 4) is 11.5 Å². The molecule has 0 atom stereocenters. The van der Waals surface area contributed by atoms with Crippen molar-refractivity contribution < 1.29 is 37.3 Å². The van der Waals surface area contributed by atoms with Crippen molar-refractivity contribution in [2.24, 2.45) is 4.99 Å². The third-order valence-corrected chi connectivity index (χ3v) is 4.94. The maximum atomic E-state index is 12.7. The van der Waals surface area contributed by atoms with Gasteiger partial charge >= 0.3 is 12.1 Å². The lowest BCUT2D eigenvalue weighted by molar-refractivity contribution is -0.139. The first-order chi connectivity index (χ1) is 15.7. The highest BCUT2D eigenvalue weighted by Crippen LogP contribution is 2.30. The number of aliphatic imine (C=N–C) groups is 1. The number of benzene rings is 2. The predicted octanol–water partition coefficient (Wildman–Crippen LogP) is 5.25. The third kappa shape index (κ3) is 6.50. The van der Waals surface area contributed by atoms with E-state index in [0.29, 0.717) is 29.2 Å². The van der Waals surface area contributed by atoms with Crippen molar-refractivity contribution in [2.75, 3.05) is 19.8 Å². The van der Waals surface area contributed by atoms with Gasteiger partial charge in [0.2, 0.25) is 5.90 Å². The van der Waals surface area contributed by atoms with Gasteiger partial charge in [0.1, 0.15) is 24.7 Å². The second-order valence-electron chi connectivity index (χ2n) is 7.46. The Kier molecular flexibility index (Phi) is 7.63. The molecule has 0 saturated carbocycles. The average molecular weight is 463 g/mol. The number of carboxylic acid groups (broad SMARTS) is 1. The zero-order valence-electron chi connectivity index (χ0n) is 18.2. The van der Waals surface area contributed by atoms with E-state index in [1.807, 2.05) is 13.0 Å². The van der Waals surface area contributed by atoms with E-state index in [9.17, 15) is 18.0 Å². The summed E-state index contributed by atoms with van der Waals surface area (Å²) < 4.78 is 55.1. The number of carboxylic acids is 1. The van der Waals surface area contributed by atoms with E-state index in [4.69, 9.17) is 19.3 Å². The summed E-state index contributed by atoms with van der Waals surface area (Å²) in [5, 5.41) is 8.82. The molecule has 176 valence electrons. The lowest BCUT2D eigenvalue weighted by atomic mass is 10.1. The highest BCUT2D eigenvalue weighted by Gasteiger charge is 2.30. The van der Waals surface area contributed by atoms with Gasteiger partial charge in [-0.3, -0.25) is 0 Å². The fourth-order valence-corrected chi connectivity index (χ4v) is 3.18. The Hall–Kier alpha value is -3.49. The first-order valence-corrected chi connectivity index (χ1v) is 10.4. The number of aliphatic carboxylic acids is 1. The molecule has 33 heavy (non-hydrogen) atoms. The number of hydrogen-bond acceptors (Lipinski definition) is 5.